The van der Waals surface area contributed by atoms with Crippen LogP contribution in [0.5, 0.6) is 0 Å². The molecule has 0 bridgehead atoms. The van der Waals surface area contributed by atoms with Crippen LogP contribution in [0.3, 0.4) is 0 Å². The van der Waals surface area contributed by atoms with E-state index in [1.54, 1.807) is 13.8 Å². The van der Waals surface area contributed by atoms with Crippen molar-refractivity contribution in [1.82, 2.24) is 20.5 Å². The number of aryl methyl sites for hydroxylation is 1. The Morgan fingerprint density at radius 1 is 1.16 bits per heavy atom. The number of nitrogens with two attached hydrogens (primary N) is 1. The van der Waals surface area contributed by atoms with Crippen molar-refractivity contribution in [3.63, 3.8) is 0 Å². The van der Waals surface area contributed by atoms with E-state index < -0.39 is 35.6 Å². The molecule has 0 spiro atoms. The predicted molar refractivity (Wildman–Crippen MR) is 163 cm³/mol. The van der Waals surface area contributed by atoms with Gasteiger partial charge in [-0.25, -0.2) is 9.29 Å². The number of hydrogen-bond donors (Lipinski definition) is 4. The maximum atomic E-state index is 14.3. The monoisotopic (exact) mass is 596 g/mol. The number of imide groups is 1. The van der Waals surface area contributed by atoms with Crippen LogP contribution in [0.4, 0.5) is 10.1 Å². The molecule has 0 saturated carbocycles. The number of carbonyl (C=O) groups excluding carboxylic acids is 5. The van der Waals surface area contributed by atoms with E-state index in [1.165, 1.54) is 32.1 Å². The van der Waals surface area contributed by atoms with Crippen LogP contribution in [-0.2, 0) is 19.2 Å². The van der Waals surface area contributed by atoms with Crippen LogP contribution in [0.15, 0.2) is 18.2 Å². The van der Waals surface area contributed by atoms with Gasteiger partial charge >= 0.3 is 0 Å². The smallest absolute Gasteiger partial charge is 0.265 e. The molecule has 0 saturated heterocycles. The van der Waals surface area contributed by atoms with Gasteiger partial charge in [0.2, 0.25) is 11.8 Å². The normalized spacial score (nSPS) is 15.0. The van der Waals surface area contributed by atoms with Crippen LogP contribution in [-0.4, -0.2) is 77.6 Å². The molecule has 232 valence electrons. The minimum Gasteiger partial charge on any atom is -0.358 e. The number of hydrogen-bond acceptors (Lipinski definition) is 7. The van der Waals surface area contributed by atoms with Gasteiger partial charge in [0.05, 0.1) is 28.9 Å². The number of fused-ring (bicyclic) bond motifs is 1. The van der Waals surface area contributed by atoms with Crippen molar-refractivity contribution < 1.29 is 28.4 Å². The van der Waals surface area contributed by atoms with Crippen LogP contribution in [0.1, 0.15) is 73.4 Å². The fraction of sp³-hybridized carbons (Fsp3) is 0.452. The Morgan fingerprint density at radius 2 is 1.84 bits per heavy atom. The summed E-state index contributed by atoms with van der Waals surface area (Å²) in [5, 5.41) is 5.46. The van der Waals surface area contributed by atoms with E-state index in [1.807, 2.05) is 0 Å². The number of ketones is 1. The van der Waals surface area contributed by atoms with Crippen molar-refractivity contribution in [3.8, 4) is 0 Å². The Hall–Kier alpha value is -4.16. The lowest BCUT2D eigenvalue weighted by Gasteiger charge is -2.19. The summed E-state index contributed by atoms with van der Waals surface area (Å²) in [4.78, 5) is 70.4. The Morgan fingerprint density at radius 3 is 2.44 bits per heavy atom. The van der Waals surface area contributed by atoms with Crippen molar-refractivity contribution in [2.24, 2.45) is 5.73 Å². The molecule has 1 aliphatic rings. The maximum absolute atomic E-state index is 14.3. The summed E-state index contributed by atoms with van der Waals surface area (Å²) in [6, 6.07) is 1.89. The molecular weight excluding hydrogens is 555 g/mol. The van der Waals surface area contributed by atoms with Crippen LogP contribution >= 0.6 is 0 Å². The van der Waals surface area contributed by atoms with Gasteiger partial charge in [-0.15, -0.1) is 0 Å². The number of H-pyrrole nitrogens is 1. The summed E-state index contributed by atoms with van der Waals surface area (Å²) < 4.78 is 14.3. The van der Waals surface area contributed by atoms with Crippen molar-refractivity contribution in [2.75, 3.05) is 31.1 Å². The SMILES string of the molecule is CCN(CC)CCNC(=O)c1c(C)[nH]c(/C=C2\C(=O)N(C(=O)CC[C@H](NC(=O)[C@@H](C)N)C(C)=O)c3ccc(F)cc32)c1C. The van der Waals surface area contributed by atoms with Crippen molar-refractivity contribution >= 4 is 46.7 Å². The fourth-order valence-corrected chi connectivity index (χ4v) is 5.07. The number of amides is 4. The lowest BCUT2D eigenvalue weighted by atomic mass is 10.0. The molecule has 1 aromatic carbocycles. The van der Waals surface area contributed by atoms with Crippen LogP contribution < -0.4 is 21.3 Å². The molecule has 0 fully saturated rings. The molecule has 12 heteroatoms. The minimum atomic E-state index is -0.955. The van der Waals surface area contributed by atoms with E-state index in [4.69, 9.17) is 5.73 Å². The van der Waals surface area contributed by atoms with E-state index in [2.05, 4.69) is 34.4 Å². The average Bonchev–Trinajstić information content (AvgIpc) is 3.39. The zero-order chi connectivity index (χ0) is 32.0. The van der Waals surface area contributed by atoms with E-state index in [-0.39, 0.29) is 41.4 Å². The first-order valence-electron chi connectivity index (χ1n) is 14.5. The largest absolute Gasteiger partial charge is 0.358 e. The van der Waals surface area contributed by atoms with E-state index in [9.17, 15) is 28.4 Å². The van der Waals surface area contributed by atoms with Gasteiger partial charge in [-0.3, -0.25) is 24.0 Å². The molecule has 0 aliphatic carbocycles. The molecule has 3 rings (SSSR count). The summed E-state index contributed by atoms with van der Waals surface area (Å²) >= 11 is 0. The van der Waals surface area contributed by atoms with Crippen LogP contribution in [0.25, 0.3) is 11.6 Å². The number of Topliss-reactive ketones (excluding diaryl/α,β-unsaturated/α-hetero) is 1. The number of likely N-dealkylation sites (N-methyl/N-ethyl adjacent to an activating group) is 1. The second kappa shape index (κ2) is 14.3. The van der Waals surface area contributed by atoms with Gasteiger partial charge < -0.3 is 26.3 Å². The molecular formula is C31H41FN6O5. The Labute approximate surface area is 251 Å². The van der Waals surface area contributed by atoms with E-state index in [0.717, 1.165) is 24.1 Å². The number of aromatic amines is 1. The van der Waals surface area contributed by atoms with Gasteiger partial charge in [-0.1, -0.05) is 13.8 Å². The third kappa shape index (κ3) is 7.63. The van der Waals surface area contributed by atoms with Gasteiger partial charge in [0, 0.05) is 36.5 Å². The molecule has 2 atom stereocenters. The molecule has 0 radical (unpaired) electrons. The molecule has 11 nitrogen and oxygen atoms in total. The van der Waals surface area contributed by atoms with E-state index >= 15 is 0 Å². The van der Waals surface area contributed by atoms with Crippen molar-refractivity contribution in [2.45, 2.75) is 66.5 Å². The molecule has 4 amide bonds. The van der Waals surface area contributed by atoms with Crippen molar-refractivity contribution in [3.05, 3.63) is 52.1 Å². The topological polar surface area (TPSA) is 158 Å². The summed E-state index contributed by atoms with van der Waals surface area (Å²) in [6.07, 6.45) is 1.23. The molecule has 1 aliphatic heterocycles. The van der Waals surface area contributed by atoms with Crippen LogP contribution in [0, 0.1) is 19.7 Å². The number of anilines is 1. The summed E-state index contributed by atoms with van der Waals surface area (Å²) in [5.41, 5.74) is 8.23. The number of benzene rings is 1. The first-order valence-corrected chi connectivity index (χ1v) is 14.5. The van der Waals surface area contributed by atoms with Gasteiger partial charge in [0.15, 0.2) is 5.78 Å². The first kappa shape index (κ1) is 33.3. The molecule has 1 aromatic heterocycles. The number of nitrogens with zero attached hydrogens (tertiary/aromatic N) is 2. The van der Waals surface area contributed by atoms with Crippen LogP contribution in [0.2, 0.25) is 0 Å². The quantitative estimate of drug-likeness (QED) is 0.259. The number of aromatic nitrogens is 1. The first-order chi connectivity index (χ1) is 20.3. The second-order valence-electron chi connectivity index (χ2n) is 10.7. The Balaban J connectivity index is 1.87. The lowest BCUT2D eigenvalue weighted by molar-refractivity contribution is -0.128. The third-order valence-electron chi connectivity index (χ3n) is 7.64. The van der Waals surface area contributed by atoms with Gasteiger partial charge in [0.1, 0.15) is 5.82 Å². The zero-order valence-corrected chi connectivity index (χ0v) is 25.6. The summed E-state index contributed by atoms with van der Waals surface area (Å²) in [7, 11) is 0. The van der Waals surface area contributed by atoms with Gasteiger partial charge in [-0.05, 0) is 77.0 Å². The van der Waals surface area contributed by atoms with Gasteiger partial charge in [0.25, 0.3) is 11.8 Å². The molecule has 5 N–H and O–H groups in total. The number of rotatable bonds is 13. The lowest BCUT2D eigenvalue weighted by Crippen LogP contribution is -2.47. The highest BCUT2D eigenvalue weighted by Gasteiger charge is 2.37. The number of halogens is 1. The number of carbonyl (C=O) groups is 5. The zero-order valence-electron chi connectivity index (χ0n) is 25.6. The highest BCUT2D eigenvalue weighted by Crippen LogP contribution is 2.39. The molecule has 2 aromatic rings. The molecule has 2 heterocycles. The van der Waals surface area contributed by atoms with Gasteiger partial charge in [-0.2, -0.15) is 0 Å². The summed E-state index contributed by atoms with van der Waals surface area (Å²) in [6.45, 7) is 13.3. The average molecular weight is 597 g/mol. The Kier molecular flexibility index (Phi) is 11.1. The summed E-state index contributed by atoms with van der Waals surface area (Å²) in [5.74, 6) is -3.01. The third-order valence-corrected chi connectivity index (χ3v) is 7.64. The van der Waals surface area contributed by atoms with Crippen molar-refractivity contribution in [1.29, 1.82) is 0 Å². The van der Waals surface area contributed by atoms with E-state index in [0.29, 0.717) is 35.6 Å². The molecule has 43 heavy (non-hydrogen) atoms. The molecule has 0 unspecified atom stereocenters. The number of nitrogens with one attached hydrogen (secondary N) is 3. The maximum Gasteiger partial charge on any atom is 0.265 e. The standard InChI is InChI=1S/C31H41FN6O5/c1-7-37(8-2)14-13-34-30(42)28-17(3)25(35-19(28)5)16-23-22-15-21(32)9-11-26(22)38(31(23)43)27(40)12-10-24(20(6)39)36-29(41)18(4)33/h9,11,15-16,18,24,35H,7-8,10,12-14,33H2,1-6H3,(H,34,42)(H,36,41)/b23-16-/t18-,24+/m1/s1. The second-order valence-corrected chi connectivity index (χ2v) is 10.7. The Bertz CT molecular complexity index is 1440. The minimum absolute atomic E-state index is 0.0480. The fourth-order valence-electron chi connectivity index (χ4n) is 5.07. The predicted octanol–water partition coefficient (Wildman–Crippen LogP) is 2.46. The highest BCUT2D eigenvalue weighted by molar-refractivity contribution is 6.42. The highest BCUT2D eigenvalue weighted by atomic mass is 19.1.